The molecule has 112 valence electrons. The third-order valence-corrected chi connectivity index (χ3v) is 2.44. The minimum absolute atomic E-state index is 0. The Kier molecular flexibility index (Phi) is 13.9. The van der Waals surface area contributed by atoms with E-state index in [1.165, 1.54) is 0 Å². The molecule has 1 amide bonds. The molecule has 0 aliphatic rings. The molecule has 0 saturated heterocycles. The van der Waals surface area contributed by atoms with Gasteiger partial charge in [0.1, 0.15) is 0 Å². The summed E-state index contributed by atoms with van der Waals surface area (Å²) in [5.41, 5.74) is 3.12. The van der Waals surface area contributed by atoms with Gasteiger partial charge in [0.15, 0.2) is 0 Å². The average molecular weight is 328 g/mol. The Bertz CT molecular complexity index is 521. The fourth-order valence-corrected chi connectivity index (χ4v) is 1.41. The normalized spacial score (nSPS) is 8.77. The van der Waals surface area contributed by atoms with Gasteiger partial charge in [0.05, 0.1) is 0 Å². The summed E-state index contributed by atoms with van der Waals surface area (Å²) < 4.78 is 0. The fourth-order valence-electron chi connectivity index (χ4n) is 1.41. The number of aliphatic carboxylic acids is 1. The number of rotatable bonds is 6. The van der Waals surface area contributed by atoms with Gasteiger partial charge in [0.2, 0.25) is 0 Å². The van der Waals surface area contributed by atoms with E-state index in [1.54, 1.807) is 31.3 Å². The summed E-state index contributed by atoms with van der Waals surface area (Å²) in [4.78, 5) is 37.8. The van der Waals surface area contributed by atoms with Gasteiger partial charge in [-0.15, -0.1) is 0 Å². The molecule has 1 rings (SSSR count). The third kappa shape index (κ3) is 9.45. The first kappa shape index (κ1) is 23.7. The van der Waals surface area contributed by atoms with Crippen LogP contribution in [0.5, 0.6) is 0 Å². The Labute approximate surface area is 175 Å². The number of hydrogen-bond donors (Lipinski definition) is 3. The summed E-state index contributed by atoms with van der Waals surface area (Å²) in [7, 11) is 1.72. The molecule has 1 aromatic rings. The van der Waals surface area contributed by atoms with Gasteiger partial charge < -0.3 is 18.1 Å². The van der Waals surface area contributed by atoms with Crippen LogP contribution in [0.4, 0.5) is 5.69 Å². The first-order valence-corrected chi connectivity index (χ1v) is 6.02. The molecule has 1 aromatic carbocycles. The zero-order valence-electron chi connectivity index (χ0n) is 15.0. The molecular weight excluding hydrogens is 310 g/mol. The SMILES string of the molecule is CNc1cccc(C(=O)NOC(=O)CCCC(=O)O)c1.[H-].[H-].[Na+].[Na+]. The van der Waals surface area contributed by atoms with E-state index in [-0.39, 0.29) is 81.2 Å². The largest absolute Gasteiger partial charge is 1.00 e. The molecule has 0 bridgehead atoms. The maximum absolute atomic E-state index is 11.7. The van der Waals surface area contributed by atoms with Crippen molar-refractivity contribution in [2.24, 2.45) is 0 Å². The van der Waals surface area contributed by atoms with Gasteiger partial charge in [-0.05, 0) is 24.6 Å². The van der Waals surface area contributed by atoms with Gasteiger partial charge in [-0.25, -0.2) is 4.79 Å². The van der Waals surface area contributed by atoms with Crippen LogP contribution in [0, 0.1) is 0 Å². The second-order valence-electron chi connectivity index (χ2n) is 3.98. The summed E-state index contributed by atoms with van der Waals surface area (Å²) in [6.45, 7) is 0. The summed E-state index contributed by atoms with van der Waals surface area (Å²) in [6.07, 6.45) is -0.0182. The number of carbonyl (C=O) groups is 3. The van der Waals surface area contributed by atoms with Crippen molar-refractivity contribution in [2.45, 2.75) is 19.3 Å². The first-order valence-electron chi connectivity index (χ1n) is 6.02. The predicted molar refractivity (Wildman–Crippen MR) is 73.3 cm³/mol. The average Bonchev–Trinajstić information content (AvgIpc) is 2.44. The van der Waals surface area contributed by atoms with Crippen LogP contribution in [0.3, 0.4) is 0 Å². The van der Waals surface area contributed by atoms with E-state index in [9.17, 15) is 14.4 Å². The van der Waals surface area contributed by atoms with Crippen LogP contribution < -0.4 is 69.9 Å². The molecule has 0 atom stereocenters. The second-order valence-corrected chi connectivity index (χ2v) is 3.98. The Morgan fingerprint density at radius 1 is 1.23 bits per heavy atom. The molecule has 22 heavy (non-hydrogen) atoms. The van der Waals surface area contributed by atoms with Gasteiger partial charge in [-0.1, -0.05) is 6.07 Å². The van der Waals surface area contributed by atoms with E-state index >= 15 is 0 Å². The number of carbonyl (C=O) groups excluding carboxylic acids is 2. The number of anilines is 1. The number of hydroxylamine groups is 1. The molecule has 0 saturated carbocycles. The van der Waals surface area contributed by atoms with Crippen LogP contribution in [0.2, 0.25) is 0 Å². The molecule has 0 aliphatic heterocycles. The standard InChI is InChI=1S/C13H16N2O5.2Na.2H/c1-14-10-5-2-4-9(8-10)13(19)15-20-12(18)7-3-6-11(16)17;;;;/h2,4-5,8,14H,3,6-7H2,1H3,(H,15,19)(H,16,17);;;;/q;2*+1;2*-1. The smallest absolute Gasteiger partial charge is 1.00 e. The van der Waals surface area contributed by atoms with Crippen molar-refractivity contribution >= 4 is 23.5 Å². The molecule has 0 fully saturated rings. The van der Waals surface area contributed by atoms with Gasteiger partial charge in [0, 0.05) is 31.1 Å². The molecule has 9 heteroatoms. The molecule has 0 aromatic heterocycles. The molecule has 0 aliphatic carbocycles. The van der Waals surface area contributed by atoms with E-state index in [4.69, 9.17) is 5.11 Å². The van der Waals surface area contributed by atoms with Crippen molar-refractivity contribution in [1.29, 1.82) is 0 Å². The maximum Gasteiger partial charge on any atom is 1.00 e. The molecule has 0 heterocycles. The second kappa shape index (κ2) is 12.9. The number of carboxylic acid groups (broad SMARTS) is 1. The fraction of sp³-hybridized carbons (Fsp3) is 0.308. The summed E-state index contributed by atoms with van der Waals surface area (Å²) >= 11 is 0. The van der Waals surface area contributed by atoms with E-state index in [1.807, 2.05) is 5.48 Å². The van der Waals surface area contributed by atoms with Gasteiger partial charge in [-0.3, -0.25) is 9.59 Å². The van der Waals surface area contributed by atoms with Crippen LogP contribution >= 0.6 is 0 Å². The predicted octanol–water partition coefficient (Wildman–Crippen LogP) is -4.60. The third-order valence-electron chi connectivity index (χ3n) is 2.44. The Morgan fingerprint density at radius 3 is 2.50 bits per heavy atom. The van der Waals surface area contributed by atoms with E-state index in [0.29, 0.717) is 5.56 Å². The van der Waals surface area contributed by atoms with Crippen molar-refractivity contribution < 1.29 is 86.3 Å². The number of benzene rings is 1. The number of amides is 1. The van der Waals surface area contributed by atoms with Crippen LogP contribution in [-0.2, 0) is 14.4 Å². The minimum atomic E-state index is -0.981. The van der Waals surface area contributed by atoms with E-state index in [2.05, 4.69) is 10.2 Å². The van der Waals surface area contributed by atoms with Gasteiger partial charge >= 0.3 is 71.1 Å². The molecular formula is C13H18N2Na2O5. The first-order chi connectivity index (χ1) is 9.52. The van der Waals surface area contributed by atoms with Crippen LogP contribution in [0.25, 0.3) is 0 Å². The van der Waals surface area contributed by atoms with Crippen LogP contribution in [-0.4, -0.2) is 30.0 Å². The molecule has 7 nitrogen and oxygen atoms in total. The maximum atomic E-state index is 11.7. The van der Waals surface area contributed by atoms with Crippen LogP contribution in [0.15, 0.2) is 24.3 Å². The number of nitrogens with one attached hydrogen (secondary N) is 2. The van der Waals surface area contributed by atoms with Crippen molar-refractivity contribution in [3.05, 3.63) is 29.8 Å². The van der Waals surface area contributed by atoms with E-state index in [0.717, 1.165) is 5.69 Å². The van der Waals surface area contributed by atoms with Crippen LogP contribution in [0.1, 0.15) is 32.5 Å². The molecule has 0 radical (unpaired) electrons. The Morgan fingerprint density at radius 2 is 1.91 bits per heavy atom. The van der Waals surface area contributed by atoms with Gasteiger partial charge in [0.25, 0.3) is 5.91 Å². The zero-order chi connectivity index (χ0) is 15.0. The van der Waals surface area contributed by atoms with E-state index < -0.39 is 17.8 Å². The van der Waals surface area contributed by atoms with Crippen molar-refractivity contribution in [3.8, 4) is 0 Å². The number of carboxylic acids is 1. The molecule has 0 spiro atoms. The monoisotopic (exact) mass is 328 g/mol. The zero-order valence-corrected chi connectivity index (χ0v) is 17.0. The Hall–Kier alpha value is -0.570. The topological polar surface area (TPSA) is 105 Å². The van der Waals surface area contributed by atoms with Crippen molar-refractivity contribution in [3.63, 3.8) is 0 Å². The number of hydrogen-bond acceptors (Lipinski definition) is 5. The Balaban J connectivity index is -0.000000500. The molecule has 0 unspecified atom stereocenters. The van der Waals surface area contributed by atoms with Crippen molar-refractivity contribution in [2.75, 3.05) is 12.4 Å². The van der Waals surface area contributed by atoms with Crippen molar-refractivity contribution in [1.82, 2.24) is 5.48 Å². The van der Waals surface area contributed by atoms with Gasteiger partial charge in [-0.2, -0.15) is 5.48 Å². The summed E-state index contributed by atoms with van der Waals surface area (Å²) in [5.74, 6) is -2.20. The summed E-state index contributed by atoms with van der Waals surface area (Å²) in [5, 5.41) is 11.3. The molecule has 3 N–H and O–H groups in total. The minimum Gasteiger partial charge on any atom is -1.00 e. The summed E-state index contributed by atoms with van der Waals surface area (Å²) in [6, 6.07) is 6.66. The quantitative estimate of drug-likeness (QED) is 0.359.